The third-order valence-corrected chi connectivity index (χ3v) is 6.35. The fourth-order valence-electron chi connectivity index (χ4n) is 3.48. The van der Waals surface area contributed by atoms with Gasteiger partial charge in [-0.15, -0.1) is 0 Å². The third-order valence-electron chi connectivity index (χ3n) is 5.17. The van der Waals surface area contributed by atoms with Crippen LogP contribution < -0.4 is 10.1 Å². The lowest BCUT2D eigenvalue weighted by Crippen LogP contribution is -2.02. The van der Waals surface area contributed by atoms with E-state index >= 15 is 0 Å². The number of benzene rings is 4. The average molecular weight is 525 g/mol. The van der Waals surface area contributed by atoms with Crippen molar-refractivity contribution in [2.45, 2.75) is 26.5 Å². The monoisotopic (exact) mass is 523 g/mol. The molecule has 0 radical (unpaired) electrons. The van der Waals surface area contributed by atoms with E-state index in [9.17, 15) is 0 Å². The van der Waals surface area contributed by atoms with Crippen molar-refractivity contribution in [1.82, 2.24) is 0 Å². The van der Waals surface area contributed by atoms with E-state index in [0.29, 0.717) is 6.61 Å². The zero-order valence-electron chi connectivity index (χ0n) is 16.8. The Morgan fingerprint density at radius 3 is 2.23 bits per heavy atom. The molecule has 0 aliphatic heterocycles. The highest BCUT2D eigenvalue weighted by molar-refractivity contribution is 9.11. The van der Waals surface area contributed by atoms with Gasteiger partial charge in [-0.3, -0.25) is 0 Å². The molecule has 0 unspecified atom stereocenters. The van der Waals surface area contributed by atoms with E-state index in [-0.39, 0.29) is 0 Å². The van der Waals surface area contributed by atoms with E-state index in [2.05, 4.69) is 123 Å². The lowest BCUT2D eigenvalue weighted by atomic mass is 10.1. The number of ether oxygens (including phenoxy) is 1. The second-order valence-electron chi connectivity index (χ2n) is 7.22. The van der Waals surface area contributed by atoms with Gasteiger partial charge in [0, 0.05) is 12.2 Å². The van der Waals surface area contributed by atoms with Crippen LogP contribution in [0.15, 0.2) is 87.8 Å². The number of fused-ring (bicyclic) bond motifs is 1. The average Bonchev–Trinajstić information content (AvgIpc) is 2.77. The van der Waals surface area contributed by atoms with Crippen molar-refractivity contribution >= 4 is 48.3 Å². The number of hydrogen-bond acceptors (Lipinski definition) is 2. The van der Waals surface area contributed by atoms with Crippen LogP contribution in [0.4, 0.5) is 5.69 Å². The molecule has 2 nitrogen and oxygen atoms in total. The Labute approximate surface area is 194 Å². The fourth-order valence-corrected chi connectivity index (χ4v) is 4.99. The van der Waals surface area contributed by atoms with Crippen LogP contribution in [0.5, 0.6) is 5.75 Å². The molecule has 4 rings (SSSR count). The summed E-state index contributed by atoms with van der Waals surface area (Å²) in [5, 5.41) is 5.93. The van der Waals surface area contributed by atoms with Gasteiger partial charge in [0.25, 0.3) is 0 Å². The summed E-state index contributed by atoms with van der Waals surface area (Å²) < 4.78 is 8.07. The van der Waals surface area contributed by atoms with Crippen LogP contribution >= 0.6 is 31.9 Å². The molecule has 0 aliphatic rings. The SMILES string of the molecule is CCc1ccc(NCc2cc(Br)c(OCc3cccc4ccccc34)c(Br)c2)cc1. The first-order valence-corrected chi connectivity index (χ1v) is 11.6. The van der Waals surface area contributed by atoms with Gasteiger partial charge < -0.3 is 10.1 Å². The molecule has 0 saturated heterocycles. The molecular weight excluding hydrogens is 502 g/mol. The van der Waals surface area contributed by atoms with Gasteiger partial charge >= 0.3 is 0 Å². The van der Waals surface area contributed by atoms with Crippen LogP contribution in [0.3, 0.4) is 0 Å². The topological polar surface area (TPSA) is 21.3 Å². The lowest BCUT2D eigenvalue weighted by molar-refractivity contribution is 0.303. The summed E-state index contributed by atoms with van der Waals surface area (Å²) in [4.78, 5) is 0. The highest BCUT2D eigenvalue weighted by Gasteiger charge is 2.11. The first-order valence-electron chi connectivity index (χ1n) is 10.0. The van der Waals surface area contributed by atoms with Crippen molar-refractivity contribution in [3.63, 3.8) is 0 Å². The lowest BCUT2D eigenvalue weighted by Gasteiger charge is -2.14. The summed E-state index contributed by atoms with van der Waals surface area (Å²) in [6.45, 7) is 3.42. The Balaban J connectivity index is 1.45. The standard InChI is InChI=1S/C26H23Br2NO/c1-2-18-10-12-22(13-11-18)29-16-19-14-24(27)26(25(28)15-19)30-17-21-8-5-7-20-6-3-4-9-23(20)21/h3-15,29H,2,16-17H2,1H3. The highest BCUT2D eigenvalue weighted by Crippen LogP contribution is 2.36. The molecule has 0 heterocycles. The summed E-state index contributed by atoms with van der Waals surface area (Å²) >= 11 is 7.37. The van der Waals surface area contributed by atoms with Crippen molar-refractivity contribution in [1.29, 1.82) is 0 Å². The summed E-state index contributed by atoms with van der Waals surface area (Å²) in [5.41, 5.74) is 4.81. The van der Waals surface area contributed by atoms with E-state index < -0.39 is 0 Å². The van der Waals surface area contributed by atoms with Crippen molar-refractivity contribution in [3.8, 4) is 5.75 Å². The fraction of sp³-hybridized carbons (Fsp3) is 0.154. The Hall–Kier alpha value is -2.30. The smallest absolute Gasteiger partial charge is 0.148 e. The Morgan fingerprint density at radius 2 is 1.50 bits per heavy atom. The third kappa shape index (κ3) is 4.88. The van der Waals surface area contributed by atoms with E-state index in [1.54, 1.807) is 0 Å². The molecule has 0 atom stereocenters. The normalized spacial score (nSPS) is 10.9. The Kier molecular flexibility index (Phi) is 6.76. The van der Waals surface area contributed by atoms with Gasteiger partial charge in [0.05, 0.1) is 8.95 Å². The molecule has 0 saturated carbocycles. The van der Waals surface area contributed by atoms with Gasteiger partial charge in [-0.25, -0.2) is 0 Å². The van der Waals surface area contributed by atoms with Crippen molar-refractivity contribution in [2.75, 3.05) is 5.32 Å². The van der Waals surface area contributed by atoms with Crippen molar-refractivity contribution < 1.29 is 4.74 Å². The van der Waals surface area contributed by atoms with Crippen LogP contribution in [0, 0.1) is 0 Å². The minimum absolute atomic E-state index is 0.514. The molecule has 4 heteroatoms. The maximum atomic E-state index is 6.19. The van der Waals surface area contributed by atoms with Gasteiger partial charge in [-0.05, 0) is 90.0 Å². The zero-order valence-corrected chi connectivity index (χ0v) is 20.0. The Morgan fingerprint density at radius 1 is 0.800 bits per heavy atom. The van der Waals surface area contributed by atoms with Gasteiger partial charge in [0.2, 0.25) is 0 Å². The van der Waals surface area contributed by atoms with E-state index in [1.165, 1.54) is 27.5 Å². The number of hydrogen-bond donors (Lipinski definition) is 1. The first-order chi connectivity index (χ1) is 14.6. The molecule has 0 spiro atoms. The first kappa shape index (κ1) is 21.0. The number of rotatable bonds is 7. The van der Waals surface area contributed by atoms with E-state index in [1.807, 2.05) is 0 Å². The predicted molar refractivity (Wildman–Crippen MR) is 133 cm³/mol. The minimum atomic E-state index is 0.514. The predicted octanol–water partition coefficient (Wildman–Crippen LogP) is 8.12. The largest absolute Gasteiger partial charge is 0.487 e. The van der Waals surface area contributed by atoms with Crippen LogP contribution in [0.1, 0.15) is 23.6 Å². The van der Waals surface area contributed by atoms with Crippen LogP contribution in [-0.2, 0) is 19.6 Å². The van der Waals surface area contributed by atoms with Crippen LogP contribution in [0.25, 0.3) is 10.8 Å². The molecule has 30 heavy (non-hydrogen) atoms. The highest BCUT2D eigenvalue weighted by atomic mass is 79.9. The van der Waals surface area contributed by atoms with E-state index in [0.717, 1.165) is 33.3 Å². The molecule has 152 valence electrons. The molecule has 0 aromatic heterocycles. The maximum Gasteiger partial charge on any atom is 0.148 e. The quantitative estimate of drug-likeness (QED) is 0.263. The van der Waals surface area contributed by atoms with Gasteiger partial charge in [0.15, 0.2) is 0 Å². The summed E-state index contributed by atoms with van der Waals surface area (Å²) in [6.07, 6.45) is 1.06. The molecule has 0 bridgehead atoms. The van der Waals surface area contributed by atoms with Crippen molar-refractivity contribution in [3.05, 3.63) is 104 Å². The molecule has 0 amide bonds. The summed E-state index contributed by atoms with van der Waals surface area (Å²) in [5.74, 6) is 0.819. The molecule has 4 aromatic carbocycles. The molecule has 4 aromatic rings. The van der Waals surface area contributed by atoms with Gasteiger partial charge in [0.1, 0.15) is 12.4 Å². The maximum absolute atomic E-state index is 6.19. The number of nitrogens with one attached hydrogen (secondary N) is 1. The van der Waals surface area contributed by atoms with Gasteiger partial charge in [-0.1, -0.05) is 61.5 Å². The summed E-state index contributed by atoms with van der Waals surface area (Å²) in [6, 6.07) is 27.5. The van der Waals surface area contributed by atoms with Crippen molar-refractivity contribution in [2.24, 2.45) is 0 Å². The number of anilines is 1. The number of halogens is 2. The zero-order chi connectivity index (χ0) is 20.9. The minimum Gasteiger partial charge on any atom is -0.487 e. The van der Waals surface area contributed by atoms with Crippen LogP contribution in [0.2, 0.25) is 0 Å². The second-order valence-corrected chi connectivity index (χ2v) is 8.93. The molecular formula is C26H23Br2NO. The van der Waals surface area contributed by atoms with Gasteiger partial charge in [-0.2, -0.15) is 0 Å². The molecule has 0 fully saturated rings. The number of aryl methyl sites for hydroxylation is 1. The molecule has 0 aliphatic carbocycles. The summed E-state index contributed by atoms with van der Waals surface area (Å²) in [7, 11) is 0. The van der Waals surface area contributed by atoms with E-state index in [4.69, 9.17) is 4.74 Å². The molecule has 1 N–H and O–H groups in total. The Bertz CT molecular complexity index is 1130. The second kappa shape index (κ2) is 9.67. The van der Waals surface area contributed by atoms with Crippen LogP contribution in [-0.4, -0.2) is 0 Å².